The highest BCUT2D eigenvalue weighted by Gasteiger charge is 2.38. The molecule has 0 saturated carbocycles. The molecule has 0 aliphatic carbocycles. The molecule has 7 nitrogen and oxygen atoms in total. The molecule has 0 atom stereocenters. The van der Waals surface area contributed by atoms with Gasteiger partial charge >= 0.3 is 5.97 Å². The zero-order valence-corrected chi connectivity index (χ0v) is 17.5. The number of hydrogen-bond acceptors (Lipinski definition) is 6. The fraction of sp³-hybridized carbons (Fsp3) is 0.217. The molecular weight excluding hydrogens is 386 g/mol. The van der Waals surface area contributed by atoms with Crippen LogP contribution in [0.4, 0.5) is 5.69 Å². The van der Waals surface area contributed by atoms with Gasteiger partial charge in [0.05, 0.1) is 39.6 Å². The number of amides is 1. The van der Waals surface area contributed by atoms with Gasteiger partial charge in [-0.3, -0.25) is 9.69 Å². The minimum Gasteiger partial charge on any atom is -0.497 e. The lowest BCUT2D eigenvalue weighted by atomic mass is 10.0. The average molecular weight is 409 g/mol. The van der Waals surface area contributed by atoms with E-state index in [9.17, 15) is 9.59 Å². The maximum Gasteiger partial charge on any atom is 0.340 e. The summed E-state index contributed by atoms with van der Waals surface area (Å²) in [5.41, 5.74) is 2.10. The molecule has 0 unspecified atom stereocenters. The number of benzene rings is 2. The van der Waals surface area contributed by atoms with Crippen LogP contribution >= 0.6 is 0 Å². The van der Waals surface area contributed by atoms with E-state index in [1.807, 2.05) is 0 Å². The second kappa shape index (κ2) is 8.73. The van der Waals surface area contributed by atoms with Crippen molar-refractivity contribution in [3.8, 4) is 17.2 Å². The molecule has 0 aromatic heterocycles. The molecule has 1 heterocycles. The first-order chi connectivity index (χ1) is 14.4. The first-order valence-electron chi connectivity index (χ1n) is 9.17. The summed E-state index contributed by atoms with van der Waals surface area (Å²) in [6.07, 6.45) is 1.61. The standard InChI is InChI=1S/C23H23NO6/c1-14-21(23(26)30-5)19(13-15-12-18(28-3)10-11-20(15)29-4)22(25)24(14)16-6-8-17(27-2)9-7-16/h6-13H,1-5H3/b19-13-. The summed E-state index contributed by atoms with van der Waals surface area (Å²) in [7, 11) is 5.94. The van der Waals surface area contributed by atoms with Gasteiger partial charge in [-0.05, 0) is 55.5 Å². The number of esters is 1. The number of methoxy groups -OCH3 is 4. The summed E-state index contributed by atoms with van der Waals surface area (Å²) in [5.74, 6) is 0.867. The number of ether oxygens (including phenoxy) is 4. The van der Waals surface area contributed by atoms with Gasteiger partial charge in [0, 0.05) is 16.9 Å². The average Bonchev–Trinajstić information content (AvgIpc) is 3.02. The minimum atomic E-state index is -0.593. The van der Waals surface area contributed by atoms with Gasteiger partial charge in [-0.2, -0.15) is 0 Å². The number of anilines is 1. The van der Waals surface area contributed by atoms with Crippen molar-refractivity contribution in [1.82, 2.24) is 0 Å². The number of carbonyl (C=O) groups excluding carboxylic acids is 2. The van der Waals surface area contributed by atoms with E-state index in [1.54, 1.807) is 69.7 Å². The summed E-state index contributed by atoms with van der Waals surface area (Å²) in [6.45, 7) is 1.71. The van der Waals surface area contributed by atoms with Gasteiger partial charge in [-0.1, -0.05) is 0 Å². The lowest BCUT2D eigenvalue weighted by Crippen LogP contribution is -2.24. The zero-order valence-electron chi connectivity index (χ0n) is 17.5. The fourth-order valence-electron chi connectivity index (χ4n) is 3.33. The van der Waals surface area contributed by atoms with Crippen LogP contribution in [0.25, 0.3) is 6.08 Å². The van der Waals surface area contributed by atoms with Crippen molar-refractivity contribution >= 4 is 23.6 Å². The Morgan fingerprint density at radius 3 is 2.10 bits per heavy atom. The van der Waals surface area contributed by atoms with Gasteiger partial charge in [-0.15, -0.1) is 0 Å². The molecule has 0 spiro atoms. The topological polar surface area (TPSA) is 74.3 Å². The molecule has 7 heteroatoms. The molecule has 0 bridgehead atoms. The van der Waals surface area contributed by atoms with E-state index in [4.69, 9.17) is 18.9 Å². The fourth-order valence-corrected chi connectivity index (χ4v) is 3.33. The Morgan fingerprint density at radius 2 is 1.53 bits per heavy atom. The Labute approximate surface area is 175 Å². The summed E-state index contributed by atoms with van der Waals surface area (Å²) in [6, 6.07) is 12.2. The second-order valence-electron chi connectivity index (χ2n) is 6.46. The molecule has 0 saturated heterocycles. The Balaban J connectivity index is 2.15. The van der Waals surface area contributed by atoms with Crippen molar-refractivity contribution in [1.29, 1.82) is 0 Å². The number of rotatable bonds is 6. The zero-order chi connectivity index (χ0) is 21.8. The van der Waals surface area contributed by atoms with Crippen molar-refractivity contribution in [2.75, 3.05) is 33.3 Å². The third-order valence-corrected chi connectivity index (χ3v) is 4.86. The monoisotopic (exact) mass is 409 g/mol. The van der Waals surface area contributed by atoms with Crippen LogP contribution in [0.1, 0.15) is 12.5 Å². The van der Waals surface area contributed by atoms with E-state index >= 15 is 0 Å². The van der Waals surface area contributed by atoms with Crippen LogP contribution < -0.4 is 19.1 Å². The van der Waals surface area contributed by atoms with Crippen LogP contribution in [0.5, 0.6) is 17.2 Å². The Hall–Kier alpha value is -3.74. The molecule has 2 aromatic rings. The summed E-state index contributed by atoms with van der Waals surface area (Å²) in [4.78, 5) is 27.4. The van der Waals surface area contributed by atoms with Crippen LogP contribution in [0, 0.1) is 0 Å². The van der Waals surface area contributed by atoms with E-state index in [0.717, 1.165) is 0 Å². The Bertz CT molecular complexity index is 1040. The number of allylic oxidation sites excluding steroid dienone is 1. The third-order valence-electron chi connectivity index (χ3n) is 4.86. The first kappa shape index (κ1) is 21.0. The smallest absolute Gasteiger partial charge is 0.340 e. The van der Waals surface area contributed by atoms with Gasteiger partial charge in [0.1, 0.15) is 17.2 Å². The molecule has 0 N–H and O–H groups in total. The molecule has 0 radical (unpaired) electrons. The van der Waals surface area contributed by atoms with Crippen molar-refractivity contribution in [3.05, 3.63) is 64.9 Å². The van der Waals surface area contributed by atoms with Crippen LogP contribution in [-0.4, -0.2) is 40.3 Å². The highest BCUT2D eigenvalue weighted by atomic mass is 16.5. The van der Waals surface area contributed by atoms with Gasteiger partial charge in [0.2, 0.25) is 0 Å². The van der Waals surface area contributed by atoms with Gasteiger partial charge in [0.25, 0.3) is 5.91 Å². The van der Waals surface area contributed by atoms with Crippen LogP contribution in [0.15, 0.2) is 59.3 Å². The van der Waals surface area contributed by atoms with Crippen LogP contribution in [0.2, 0.25) is 0 Å². The van der Waals surface area contributed by atoms with E-state index in [0.29, 0.717) is 34.2 Å². The van der Waals surface area contributed by atoms with Gasteiger partial charge < -0.3 is 18.9 Å². The van der Waals surface area contributed by atoms with E-state index in [1.165, 1.54) is 19.1 Å². The highest BCUT2D eigenvalue weighted by molar-refractivity contribution is 6.23. The maximum absolute atomic E-state index is 13.4. The minimum absolute atomic E-state index is 0.197. The Morgan fingerprint density at radius 1 is 0.900 bits per heavy atom. The third kappa shape index (κ3) is 3.74. The summed E-state index contributed by atoms with van der Waals surface area (Å²) >= 11 is 0. The molecule has 156 valence electrons. The van der Waals surface area contributed by atoms with Gasteiger partial charge in [0.15, 0.2) is 0 Å². The van der Waals surface area contributed by atoms with Crippen molar-refractivity contribution in [2.45, 2.75) is 6.92 Å². The lowest BCUT2D eigenvalue weighted by Gasteiger charge is -2.18. The second-order valence-corrected chi connectivity index (χ2v) is 6.46. The SMILES string of the molecule is COC(=O)C1=C(C)N(c2ccc(OC)cc2)C(=O)/C1=C\c1cc(OC)ccc1OC. The number of nitrogens with zero attached hydrogens (tertiary/aromatic N) is 1. The normalized spacial score (nSPS) is 14.9. The maximum atomic E-state index is 13.4. The molecule has 1 aliphatic heterocycles. The molecule has 1 amide bonds. The molecule has 30 heavy (non-hydrogen) atoms. The molecule has 0 fully saturated rings. The summed E-state index contributed by atoms with van der Waals surface area (Å²) in [5, 5.41) is 0. The van der Waals surface area contributed by atoms with E-state index in [-0.39, 0.29) is 17.1 Å². The van der Waals surface area contributed by atoms with Crippen molar-refractivity contribution in [3.63, 3.8) is 0 Å². The molecule has 3 rings (SSSR count). The van der Waals surface area contributed by atoms with Gasteiger partial charge in [-0.25, -0.2) is 4.79 Å². The predicted molar refractivity (Wildman–Crippen MR) is 113 cm³/mol. The highest BCUT2D eigenvalue weighted by Crippen LogP contribution is 2.37. The largest absolute Gasteiger partial charge is 0.497 e. The van der Waals surface area contributed by atoms with E-state index in [2.05, 4.69) is 0 Å². The molecule has 2 aromatic carbocycles. The predicted octanol–water partition coefficient (Wildman–Crippen LogP) is 3.59. The van der Waals surface area contributed by atoms with E-state index < -0.39 is 5.97 Å². The number of hydrogen-bond donors (Lipinski definition) is 0. The quantitative estimate of drug-likeness (QED) is 0.536. The van der Waals surface area contributed by atoms with Crippen molar-refractivity contribution in [2.24, 2.45) is 0 Å². The van der Waals surface area contributed by atoms with Crippen LogP contribution in [-0.2, 0) is 14.3 Å². The van der Waals surface area contributed by atoms with Crippen molar-refractivity contribution < 1.29 is 28.5 Å². The molecule has 1 aliphatic rings. The summed E-state index contributed by atoms with van der Waals surface area (Å²) < 4.78 is 20.8. The van der Waals surface area contributed by atoms with Crippen LogP contribution in [0.3, 0.4) is 0 Å². The Kier molecular flexibility index (Phi) is 6.11. The molecular formula is C23H23NO6. The number of carbonyl (C=O) groups is 2. The first-order valence-corrected chi connectivity index (χ1v) is 9.17. The lowest BCUT2D eigenvalue weighted by molar-refractivity contribution is -0.136.